The summed E-state index contributed by atoms with van der Waals surface area (Å²) in [5.41, 5.74) is 0.688. The van der Waals surface area contributed by atoms with Gasteiger partial charge in [0.2, 0.25) is 0 Å². The van der Waals surface area contributed by atoms with Gasteiger partial charge >= 0.3 is 5.97 Å². The molecule has 92 valence electrons. The number of carbonyl (C=O) groups excluding carboxylic acids is 1. The normalized spacial score (nSPS) is 14.9. The van der Waals surface area contributed by atoms with Crippen LogP contribution in [-0.2, 0) is 6.54 Å². The fraction of sp³-hybridized carbons (Fsp3) is 0.500. The van der Waals surface area contributed by atoms with Gasteiger partial charge in [0.05, 0.1) is 0 Å². The second-order valence-corrected chi connectivity index (χ2v) is 4.21. The number of nitrogens with zero attached hydrogens (tertiary/aromatic N) is 2. The maximum atomic E-state index is 12.1. The molecule has 1 aromatic rings. The summed E-state index contributed by atoms with van der Waals surface area (Å²) < 4.78 is 1.59. The van der Waals surface area contributed by atoms with Crippen LogP contribution in [0.1, 0.15) is 40.7 Å². The lowest BCUT2D eigenvalue weighted by Gasteiger charge is -2.28. The third-order valence-electron chi connectivity index (χ3n) is 3.08. The maximum absolute atomic E-state index is 12.1. The first kappa shape index (κ1) is 11.7. The van der Waals surface area contributed by atoms with Gasteiger partial charge < -0.3 is 14.6 Å². The van der Waals surface area contributed by atoms with Crippen LogP contribution < -0.4 is 0 Å². The lowest BCUT2D eigenvalue weighted by atomic mass is 10.2. The third kappa shape index (κ3) is 2.05. The highest BCUT2D eigenvalue weighted by Crippen LogP contribution is 2.17. The molecule has 0 saturated carbocycles. The summed E-state index contributed by atoms with van der Waals surface area (Å²) in [6, 6.07) is 3.10. The lowest BCUT2D eigenvalue weighted by molar-refractivity contribution is 0.0665. The van der Waals surface area contributed by atoms with Gasteiger partial charge in [-0.1, -0.05) is 13.3 Å². The van der Waals surface area contributed by atoms with Crippen LogP contribution in [-0.4, -0.2) is 39.5 Å². The van der Waals surface area contributed by atoms with Crippen molar-refractivity contribution in [1.82, 2.24) is 9.47 Å². The molecule has 5 nitrogen and oxygen atoms in total. The molecule has 1 amide bonds. The van der Waals surface area contributed by atoms with Crippen molar-refractivity contribution in [3.8, 4) is 0 Å². The first-order valence-electron chi connectivity index (χ1n) is 5.87. The van der Waals surface area contributed by atoms with E-state index in [-0.39, 0.29) is 11.6 Å². The second-order valence-electron chi connectivity index (χ2n) is 4.21. The standard InChI is InChI=1S/C12H16N2O3/c1-2-3-6-13-7-8-14-9(11(13)15)4-5-10(14)12(16)17/h4-5H,2-3,6-8H2,1H3,(H,16,17). The van der Waals surface area contributed by atoms with Crippen molar-refractivity contribution in [2.45, 2.75) is 26.3 Å². The lowest BCUT2D eigenvalue weighted by Crippen LogP contribution is -2.41. The Kier molecular flexibility index (Phi) is 3.17. The summed E-state index contributed by atoms with van der Waals surface area (Å²) >= 11 is 0. The topological polar surface area (TPSA) is 62.5 Å². The van der Waals surface area contributed by atoms with Gasteiger partial charge in [-0.25, -0.2) is 4.79 Å². The quantitative estimate of drug-likeness (QED) is 0.860. The van der Waals surface area contributed by atoms with Gasteiger partial charge in [-0.05, 0) is 18.6 Å². The average molecular weight is 236 g/mol. The van der Waals surface area contributed by atoms with Crippen molar-refractivity contribution in [1.29, 1.82) is 0 Å². The molecule has 0 saturated heterocycles. The summed E-state index contributed by atoms with van der Waals surface area (Å²) in [7, 11) is 0. The van der Waals surface area contributed by atoms with E-state index in [0.717, 1.165) is 19.4 Å². The number of carboxylic acid groups (broad SMARTS) is 1. The number of fused-ring (bicyclic) bond motifs is 1. The van der Waals surface area contributed by atoms with Crippen LogP contribution in [0.15, 0.2) is 12.1 Å². The molecule has 1 aromatic heterocycles. The predicted molar refractivity (Wildman–Crippen MR) is 62.2 cm³/mol. The SMILES string of the molecule is CCCCN1CCn2c(C(=O)O)ccc2C1=O. The van der Waals surface area contributed by atoms with E-state index < -0.39 is 5.97 Å². The van der Waals surface area contributed by atoms with Gasteiger partial charge in [-0.3, -0.25) is 4.79 Å². The zero-order valence-corrected chi connectivity index (χ0v) is 9.85. The molecule has 1 N–H and O–H groups in total. The molecule has 0 fully saturated rings. The van der Waals surface area contributed by atoms with Crippen molar-refractivity contribution in [2.75, 3.05) is 13.1 Å². The first-order chi connectivity index (χ1) is 8.15. The Hall–Kier alpha value is -1.78. The van der Waals surface area contributed by atoms with Crippen LogP contribution >= 0.6 is 0 Å². The Morgan fingerprint density at radius 3 is 2.82 bits per heavy atom. The van der Waals surface area contributed by atoms with E-state index in [0.29, 0.717) is 18.8 Å². The van der Waals surface area contributed by atoms with Crippen LogP contribution in [0.5, 0.6) is 0 Å². The van der Waals surface area contributed by atoms with Crippen LogP contribution in [0.3, 0.4) is 0 Å². The zero-order valence-electron chi connectivity index (χ0n) is 9.85. The fourth-order valence-electron chi connectivity index (χ4n) is 2.13. The first-order valence-corrected chi connectivity index (χ1v) is 5.87. The molecule has 1 aliphatic rings. The highest BCUT2D eigenvalue weighted by Gasteiger charge is 2.27. The van der Waals surface area contributed by atoms with Crippen LogP contribution in [0, 0.1) is 0 Å². The van der Waals surface area contributed by atoms with Crippen molar-refractivity contribution in [3.05, 3.63) is 23.5 Å². The minimum atomic E-state index is -0.981. The number of hydrogen-bond acceptors (Lipinski definition) is 2. The fourth-order valence-corrected chi connectivity index (χ4v) is 2.13. The smallest absolute Gasteiger partial charge is 0.352 e. The van der Waals surface area contributed by atoms with Crippen LogP contribution in [0.4, 0.5) is 0 Å². The molecule has 1 aliphatic heterocycles. The molecule has 5 heteroatoms. The van der Waals surface area contributed by atoms with Crippen molar-refractivity contribution in [3.63, 3.8) is 0 Å². The largest absolute Gasteiger partial charge is 0.477 e. The number of amides is 1. The van der Waals surface area contributed by atoms with E-state index in [1.807, 2.05) is 0 Å². The molecule has 0 atom stereocenters. The Morgan fingerprint density at radius 1 is 1.41 bits per heavy atom. The van der Waals surface area contributed by atoms with Crippen molar-refractivity contribution in [2.24, 2.45) is 0 Å². The number of rotatable bonds is 4. The van der Waals surface area contributed by atoms with E-state index in [9.17, 15) is 9.59 Å². The molecule has 0 aliphatic carbocycles. The predicted octanol–water partition coefficient (Wildman–Crippen LogP) is 1.44. The van der Waals surface area contributed by atoms with Crippen LogP contribution in [0.2, 0.25) is 0 Å². The number of hydrogen-bond donors (Lipinski definition) is 1. The van der Waals surface area contributed by atoms with Gasteiger partial charge in [-0.15, -0.1) is 0 Å². The van der Waals surface area contributed by atoms with E-state index in [1.165, 1.54) is 6.07 Å². The minimum Gasteiger partial charge on any atom is -0.477 e. The van der Waals surface area contributed by atoms with Gasteiger partial charge in [0.15, 0.2) is 0 Å². The number of carbonyl (C=O) groups is 2. The van der Waals surface area contributed by atoms with Gasteiger partial charge in [0, 0.05) is 19.6 Å². The second kappa shape index (κ2) is 4.61. The van der Waals surface area contributed by atoms with Crippen LogP contribution in [0.25, 0.3) is 0 Å². The summed E-state index contributed by atoms with van der Waals surface area (Å²) in [5, 5.41) is 8.98. The molecule has 0 aromatic carbocycles. The molecule has 17 heavy (non-hydrogen) atoms. The molecule has 0 radical (unpaired) electrons. The van der Waals surface area contributed by atoms with Gasteiger partial charge in [0.25, 0.3) is 5.91 Å². The van der Waals surface area contributed by atoms with E-state index in [4.69, 9.17) is 5.11 Å². The highest BCUT2D eigenvalue weighted by atomic mass is 16.4. The van der Waals surface area contributed by atoms with Crippen molar-refractivity contribution >= 4 is 11.9 Å². The van der Waals surface area contributed by atoms with Gasteiger partial charge in [0.1, 0.15) is 11.4 Å². The average Bonchev–Trinajstić information content (AvgIpc) is 2.73. The number of carboxylic acids is 1. The summed E-state index contributed by atoms with van der Waals surface area (Å²) in [4.78, 5) is 24.8. The van der Waals surface area contributed by atoms with E-state index in [1.54, 1.807) is 15.5 Å². The number of aromatic carboxylic acids is 1. The molecule has 2 heterocycles. The Labute approximate surface area is 99.6 Å². The number of aromatic nitrogens is 1. The molecular weight excluding hydrogens is 220 g/mol. The Bertz CT molecular complexity index is 451. The monoisotopic (exact) mass is 236 g/mol. The zero-order chi connectivity index (χ0) is 12.4. The summed E-state index contributed by atoms with van der Waals surface area (Å²) in [6.07, 6.45) is 2.03. The highest BCUT2D eigenvalue weighted by molar-refractivity contribution is 5.96. The Morgan fingerprint density at radius 2 is 2.18 bits per heavy atom. The molecule has 0 bridgehead atoms. The third-order valence-corrected chi connectivity index (χ3v) is 3.08. The maximum Gasteiger partial charge on any atom is 0.352 e. The molecule has 0 unspecified atom stereocenters. The van der Waals surface area contributed by atoms with Gasteiger partial charge in [-0.2, -0.15) is 0 Å². The molecule has 2 rings (SSSR count). The minimum absolute atomic E-state index is 0.0581. The van der Waals surface area contributed by atoms with Crippen molar-refractivity contribution < 1.29 is 14.7 Å². The van der Waals surface area contributed by atoms with E-state index >= 15 is 0 Å². The summed E-state index contributed by atoms with van der Waals surface area (Å²) in [6.45, 7) is 4.00. The Balaban J connectivity index is 2.22. The van der Waals surface area contributed by atoms with E-state index in [2.05, 4.69) is 6.92 Å². The summed E-state index contributed by atoms with van der Waals surface area (Å²) in [5.74, 6) is -1.04. The molecule has 0 spiro atoms. The molecular formula is C12H16N2O3. The number of unbranched alkanes of at least 4 members (excludes halogenated alkanes) is 1.